The molecule has 0 aromatic carbocycles. The standard InChI is InChI=1S/C10H16N4/c1-14(8-3-2-4-8)10-5-6-12-9(7-11)13-10/h5-6,8H,2-4,7,11H2,1H3. The van der Waals surface area contributed by atoms with Crippen LogP contribution in [0, 0.1) is 0 Å². The van der Waals surface area contributed by atoms with Crippen LogP contribution in [0.5, 0.6) is 0 Å². The summed E-state index contributed by atoms with van der Waals surface area (Å²) in [6.45, 7) is 0.409. The second kappa shape index (κ2) is 3.92. The van der Waals surface area contributed by atoms with Gasteiger partial charge in [-0.1, -0.05) is 0 Å². The van der Waals surface area contributed by atoms with Crippen molar-refractivity contribution in [2.24, 2.45) is 5.73 Å². The van der Waals surface area contributed by atoms with Crippen molar-refractivity contribution in [3.63, 3.8) is 0 Å². The first kappa shape index (κ1) is 9.40. The van der Waals surface area contributed by atoms with E-state index in [1.807, 2.05) is 6.07 Å². The van der Waals surface area contributed by atoms with E-state index in [1.54, 1.807) is 6.20 Å². The first-order valence-electron chi connectivity index (χ1n) is 5.06. The van der Waals surface area contributed by atoms with E-state index in [1.165, 1.54) is 19.3 Å². The van der Waals surface area contributed by atoms with Crippen molar-refractivity contribution in [1.82, 2.24) is 9.97 Å². The highest BCUT2D eigenvalue weighted by atomic mass is 15.2. The Bertz CT molecular complexity index is 309. The van der Waals surface area contributed by atoms with Crippen molar-refractivity contribution in [2.75, 3.05) is 11.9 Å². The van der Waals surface area contributed by atoms with Gasteiger partial charge in [-0.2, -0.15) is 0 Å². The zero-order valence-electron chi connectivity index (χ0n) is 8.48. The van der Waals surface area contributed by atoms with E-state index >= 15 is 0 Å². The summed E-state index contributed by atoms with van der Waals surface area (Å²) in [5, 5.41) is 0. The van der Waals surface area contributed by atoms with E-state index < -0.39 is 0 Å². The lowest BCUT2D eigenvalue weighted by Gasteiger charge is -2.35. The van der Waals surface area contributed by atoms with E-state index in [0.717, 1.165) is 5.82 Å². The van der Waals surface area contributed by atoms with Gasteiger partial charge in [-0.3, -0.25) is 0 Å². The van der Waals surface area contributed by atoms with Crippen LogP contribution in [-0.2, 0) is 6.54 Å². The van der Waals surface area contributed by atoms with Gasteiger partial charge in [-0.25, -0.2) is 9.97 Å². The molecule has 1 aliphatic rings. The van der Waals surface area contributed by atoms with Gasteiger partial charge in [0.15, 0.2) is 0 Å². The molecule has 0 atom stereocenters. The Balaban J connectivity index is 2.13. The summed E-state index contributed by atoms with van der Waals surface area (Å²) in [4.78, 5) is 10.7. The first-order chi connectivity index (χ1) is 6.81. The minimum absolute atomic E-state index is 0.409. The Hall–Kier alpha value is -1.16. The fraction of sp³-hybridized carbons (Fsp3) is 0.600. The fourth-order valence-corrected chi connectivity index (χ4v) is 1.64. The molecule has 76 valence electrons. The number of rotatable bonds is 3. The predicted molar refractivity (Wildman–Crippen MR) is 56.0 cm³/mol. The Morgan fingerprint density at radius 3 is 2.93 bits per heavy atom. The molecule has 2 N–H and O–H groups in total. The van der Waals surface area contributed by atoms with Crippen molar-refractivity contribution < 1.29 is 0 Å². The van der Waals surface area contributed by atoms with Crippen LogP contribution in [0.3, 0.4) is 0 Å². The molecule has 1 saturated carbocycles. The lowest BCUT2D eigenvalue weighted by Crippen LogP contribution is -2.37. The quantitative estimate of drug-likeness (QED) is 0.774. The average Bonchev–Trinajstić information content (AvgIpc) is 2.15. The van der Waals surface area contributed by atoms with Crippen molar-refractivity contribution in [3.05, 3.63) is 18.1 Å². The van der Waals surface area contributed by atoms with Gasteiger partial charge < -0.3 is 10.6 Å². The molecule has 14 heavy (non-hydrogen) atoms. The Labute approximate surface area is 84.2 Å². The third-order valence-corrected chi connectivity index (χ3v) is 2.86. The Kier molecular flexibility index (Phi) is 2.63. The van der Waals surface area contributed by atoms with Crippen molar-refractivity contribution in [1.29, 1.82) is 0 Å². The zero-order valence-corrected chi connectivity index (χ0v) is 8.48. The molecular weight excluding hydrogens is 176 g/mol. The van der Waals surface area contributed by atoms with Crippen LogP contribution < -0.4 is 10.6 Å². The topological polar surface area (TPSA) is 55.0 Å². The monoisotopic (exact) mass is 192 g/mol. The second-order valence-electron chi connectivity index (χ2n) is 3.73. The van der Waals surface area contributed by atoms with Crippen LogP contribution in [0.1, 0.15) is 25.1 Å². The van der Waals surface area contributed by atoms with Crippen molar-refractivity contribution in [2.45, 2.75) is 31.8 Å². The molecule has 1 aromatic heterocycles. The Morgan fingerprint density at radius 1 is 1.57 bits per heavy atom. The summed E-state index contributed by atoms with van der Waals surface area (Å²) in [5.41, 5.74) is 5.50. The van der Waals surface area contributed by atoms with Crippen molar-refractivity contribution in [3.8, 4) is 0 Å². The molecule has 0 aliphatic heterocycles. The molecule has 0 unspecified atom stereocenters. The van der Waals surface area contributed by atoms with Crippen LogP contribution in [-0.4, -0.2) is 23.1 Å². The minimum Gasteiger partial charge on any atom is -0.357 e. The molecule has 0 spiro atoms. The summed E-state index contributed by atoms with van der Waals surface area (Å²) in [7, 11) is 2.09. The number of nitrogens with two attached hydrogens (primary N) is 1. The molecule has 2 rings (SSSR count). The number of anilines is 1. The SMILES string of the molecule is CN(c1ccnc(CN)n1)C1CCC1. The fourth-order valence-electron chi connectivity index (χ4n) is 1.64. The predicted octanol–water partition coefficient (Wildman–Crippen LogP) is 0.924. The van der Waals surface area contributed by atoms with Gasteiger partial charge >= 0.3 is 0 Å². The molecular formula is C10H16N4. The lowest BCUT2D eigenvalue weighted by atomic mass is 9.92. The van der Waals surface area contributed by atoms with Crippen LogP contribution in [0.15, 0.2) is 12.3 Å². The molecule has 4 nitrogen and oxygen atoms in total. The van der Waals surface area contributed by atoms with E-state index in [2.05, 4.69) is 21.9 Å². The highest BCUT2D eigenvalue weighted by Crippen LogP contribution is 2.26. The lowest BCUT2D eigenvalue weighted by molar-refractivity contribution is 0.399. The molecule has 1 fully saturated rings. The van der Waals surface area contributed by atoms with Gasteiger partial charge in [0, 0.05) is 19.3 Å². The molecule has 1 aromatic rings. The number of hydrogen-bond donors (Lipinski definition) is 1. The van der Waals surface area contributed by atoms with Gasteiger partial charge in [0.25, 0.3) is 0 Å². The van der Waals surface area contributed by atoms with Gasteiger partial charge in [0.2, 0.25) is 0 Å². The molecule has 0 saturated heterocycles. The van der Waals surface area contributed by atoms with Crippen LogP contribution >= 0.6 is 0 Å². The normalized spacial score (nSPS) is 16.4. The summed E-state index contributed by atoms with van der Waals surface area (Å²) >= 11 is 0. The number of hydrogen-bond acceptors (Lipinski definition) is 4. The van der Waals surface area contributed by atoms with Crippen LogP contribution in [0.4, 0.5) is 5.82 Å². The largest absolute Gasteiger partial charge is 0.357 e. The maximum absolute atomic E-state index is 5.50. The average molecular weight is 192 g/mol. The summed E-state index contributed by atoms with van der Waals surface area (Å²) < 4.78 is 0. The Morgan fingerprint density at radius 2 is 2.36 bits per heavy atom. The number of aromatic nitrogens is 2. The van der Waals surface area contributed by atoms with E-state index in [9.17, 15) is 0 Å². The van der Waals surface area contributed by atoms with Gasteiger partial charge in [0.1, 0.15) is 11.6 Å². The molecule has 0 radical (unpaired) electrons. The second-order valence-corrected chi connectivity index (χ2v) is 3.73. The summed E-state index contributed by atoms with van der Waals surface area (Å²) in [6.07, 6.45) is 5.67. The van der Waals surface area contributed by atoms with E-state index in [4.69, 9.17) is 5.73 Å². The van der Waals surface area contributed by atoms with Crippen LogP contribution in [0.2, 0.25) is 0 Å². The maximum Gasteiger partial charge on any atom is 0.144 e. The molecule has 0 amide bonds. The smallest absolute Gasteiger partial charge is 0.144 e. The summed E-state index contributed by atoms with van der Waals surface area (Å²) in [6, 6.07) is 2.60. The van der Waals surface area contributed by atoms with Gasteiger partial charge in [-0.15, -0.1) is 0 Å². The van der Waals surface area contributed by atoms with E-state index in [0.29, 0.717) is 18.4 Å². The molecule has 0 bridgehead atoms. The number of nitrogens with zero attached hydrogens (tertiary/aromatic N) is 3. The molecule has 1 aliphatic carbocycles. The highest BCUT2D eigenvalue weighted by Gasteiger charge is 2.22. The third kappa shape index (κ3) is 1.70. The zero-order chi connectivity index (χ0) is 9.97. The molecule has 4 heteroatoms. The highest BCUT2D eigenvalue weighted by molar-refractivity contribution is 5.38. The summed E-state index contributed by atoms with van der Waals surface area (Å²) in [5.74, 6) is 1.71. The minimum atomic E-state index is 0.409. The molecule has 1 heterocycles. The van der Waals surface area contributed by atoms with Gasteiger partial charge in [-0.05, 0) is 25.3 Å². The third-order valence-electron chi connectivity index (χ3n) is 2.86. The van der Waals surface area contributed by atoms with Gasteiger partial charge in [0.05, 0.1) is 6.54 Å². The maximum atomic E-state index is 5.50. The first-order valence-corrected chi connectivity index (χ1v) is 5.06. The van der Waals surface area contributed by atoms with E-state index in [-0.39, 0.29) is 0 Å². The van der Waals surface area contributed by atoms with Crippen LogP contribution in [0.25, 0.3) is 0 Å². The van der Waals surface area contributed by atoms with Crippen molar-refractivity contribution >= 4 is 5.82 Å².